The molecular formula is C20H23N3O2S. The molecule has 2 aromatic rings. The van der Waals surface area contributed by atoms with Crippen LogP contribution in [0.3, 0.4) is 0 Å². The Morgan fingerprint density at radius 3 is 1.81 bits per heavy atom. The zero-order chi connectivity index (χ0) is 19.3. The summed E-state index contributed by atoms with van der Waals surface area (Å²) in [5.74, 6) is -0.399. The Morgan fingerprint density at radius 1 is 0.846 bits per heavy atom. The maximum Gasteiger partial charge on any atom is 0.257 e. The predicted octanol–water partition coefficient (Wildman–Crippen LogP) is 4.07. The van der Waals surface area contributed by atoms with Crippen LogP contribution in [-0.4, -0.2) is 16.9 Å². The molecule has 0 spiro atoms. The topological polar surface area (TPSA) is 70.2 Å². The van der Waals surface area contributed by atoms with Gasteiger partial charge >= 0.3 is 0 Å². The third kappa shape index (κ3) is 5.67. The smallest absolute Gasteiger partial charge is 0.257 e. The molecule has 0 fully saturated rings. The van der Waals surface area contributed by atoms with Gasteiger partial charge in [0.1, 0.15) is 0 Å². The van der Waals surface area contributed by atoms with E-state index in [1.165, 1.54) is 6.92 Å². The minimum Gasteiger partial charge on any atom is -0.332 e. The van der Waals surface area contributed by atoms with Gasteiger partial charge in [0.25, 0.3) is 5.91 Å². The summed E-state index contributed by atoms with van der Waals surface area (Å²) in [7, 11) is 0. The molecule has 0 bridgehead atoms. The zero-order valence-electron chi connectivity index (χ0n) is 15.3. The molecule has 26 heavy (non-hydrogen) atoms. The summed E-state index contributed by atoms with van der Waals surface area (Å²) in [6.07, 6.45) is 0. The molecule has 0 unspecified atom stereocenters. The van der Waals surface area contributed by atoms with Gasteiger partial charge in [-0.05, 0) is 59.6 Å². The molecule has 136 valence electrons. The molecule has 0 aliphatic carbocycles. The number of hydrogen-bond acceptors (Lipinski definition) is 3. The van der Waals surface area contributed by atoms with Gasteiger partial charge in [-0.1, -0.05) is 32.9 Å². The summed E-state index contributed by atoms with van der Waals surface area (Å²) in [4.78, 5) is 23.3. The fourth-order valence-electron chi connectivity index (χ4n) is 2.30. The Kier molecular flexibility index (Phi) is 6.10. The van der Waals surface area contributed by atoms with Gasteiger partial charge in [0, 0.05) is 23.9 Å². The molecule has 5 nitrogen and oxygen atoms in total. The standard InChI is InChI=1S/C20H23N3O2S/c1-13(24)21-16-9-11-17(12-10-16)22-19(26)23-18(25)14-5-7-15(8-6-14)20(2,3)4/h5-12H,1-4H3,(H,21,24)(H2,22,23,25,26). The second kappa shape index (κ2) is 8.10. The van der Waals surface area contributed by atoms with Crippen molar-refractivity contribution in [3.05, 3.63) is 59.7 Å². The van der Waals surface area contributed by atoms with E-state index >= 15 is 0 Å². The van der Waals surface area contributed by atoms with Crippen molar-refractivity contribution in [3.8, 4) is 0 Å². The average Bonchev–Trinajstić information content (AvgIpc) is 2.55. The van der Waals surface area contributed by atoms with Crippen LogP contribution in [0.5, 0.6) is 0 Å². The molecule has 3 N–H and O–H groups in total. The molecule has 0 radical (unpaired) electrons. The van der Waals surface area contributed by atoms with Crippen LogP contribution in [0.15, 0.2) is 48.5 Å². The number of thiocarbonyl (C=S) groups is 1. The summed E-state index contributed by atoms with van der Waals surface area (Å²) >= 11 is 5.19. The number of anilines is 2. The molecule has 6 heteroatoms. The lowest BCUT2D eigenvalue weighted by Crippen LogP contribution is -2.34. The van der Waals surface area contributed by atoms with Crippen molar-refractivity contribution in [3.63, 3.8) is 0 Å². The van der Waals surface area contributed by atoms with Crippen LogP contribution in [-0.2, 0) is 10.2 Å². The van der Waals surface area contributed by atoms with Crippen molar-refractivity contribution in [2.45, 2.75) is 33.1 Å². The minimum absolute atomic E-state index is 0.0370. The highest BCUT2D eigenvalue weighted by Crippen LogP contribution is 2.22. The first-order chi connectivity index (χ1) is 12.1. The van der Waals surface area contributed by atoms with Crippen LogP contribution in [0.1, 0.15) is 43.6 Å². The van der Waals surface area contributed by atoms with Gasteiger partial charge in [-0.15, -0.1) is 0 Å². The first-order valence-corrected chi connectivity index (χ1v) is 8.66. The second-order valence-corrected chi connectivity index (χ2v) is 7.40. The molecule has 0 aromatic heterocycles. The molecule has 0 aliphatic rings. The molecule has 0 atom stereocenters. The number of carbonyl (C=O) groups is 2. The zero-order valence-corrected chi connectivity index (χ0v) is 16.2. The molecule has 2 rings (SSSR count). The van der Waals surface area contributed by atoms with Crippen LogP contribution in [0.4, 0.5) is 11.4 Å². The van der Waals surface area contributed by atoms with Gasteiger partial charge in [0.05, 0.1) is 0 Å². The van der Waals surface area contributed by atoms with Crippen molar-refractivity contribution in [2.24, 2.45) is 0 Å². The van der Waals surface area contributed by atoms with Gasteiger partial charge in [-0.3, -0.25) is 14.9 Å². The van der Waals surface area contributed by atoms with E-state index in [2.05, 4.69) is 36.7 Å². The van der Waals surface area contributed by atoms with Crippen LogP contribution >= 0.6 is 12.2 Å². The fraction of sp³-hybridized carbons (Fsp3) is 0.250. The van der Waals surface area contributed by atoms with E-state index in [-0.39, 0.29) is 22.3 Å². The number of carbonyl (C=O) groups excluding carboxylic acids is 2. The molecule has 0 saturated heterocycles. The highest BCUT2D eigenvalue weighted by molar-refractivity contribution is 7.80. The number of benzene rings is 2. The Bertz CT molecular complexity index is 806. The molecule has 0 saturated carbocycles. The van der Waals surface area contributed by atoms with E-state index in [1.54, 1.807) is 36.4 Å². The number of rotatable bonds is 3. The number of nitrogens with one attached hydrogen (secondary N) is 3. The summed E-state index contributed by atoms with van der Waals surface area (Å²) < 4.78 is 0. The van der Waals surface area contributed by atoms with E-state index < -0.39 is 0 Å². The summed E-state index contributed by atoms with van der Waals surface area (Å²) in [6, 6.07) is 14.5. The molecule has 0 heterocycles. The van der Waals surface area contributed by atoms with Gasteiger partial charge in [-0.25, -0.2) is 0 Å². The van der Waals surface area contributed by atoms with Crippen molar-refractivity contribution >= 4 is 40.5 Å². The highest BCUT2D eigenvalue weighted by Gasteiger charge is 2.14. The van der Waals surface area contributed by atoms with Crippen LogP contribution in [0.25, 0.3) is 0 Å². The number of hydrogen-bond donors (Lipinski definition) is 3. The normalized spacial score (nSPS) is 10.8. The van der Waals surface area contributed by atoms with Crippen LogP contribution in [0, 0.1) is 0 Å². The van der Waals surface area contributed by atoms with Gasteiger partial charge in [0.2, 0.25) is 5.91 Å². The Balaban J connectivity index is 1.94. The van der Waals surface area contributed by atoms with E-state index in [0.717, 1.165) is 5.56 Å². The van der Waals surface area contributed by atoms with Crippen LogP contribution < -0.4 is 16.0 Å². The Labute approximate surface area is 159 Å². The largest absolute Gasteiger partial charge is 0.332 e. The van der Waals surface area contributed by atoms with E-state index in [4.69, 9.17) is 12.2 Å². The average molecular weight is 369 g/mol. The monoisotopic (exact) mass is 369 g/mol. The third-order valence-electron chi connectivity index (χ3n) is 3.70. The van der Waals surface area contributed by atoms with E-state index in [1.807, 2.05) is 12.1 Å². The molecular weight excluding hydrogens is 346 g/mol. The number of amides is 2. The second-order valence-electron chi connectivity index (χ2n) is 6.99. The lowest BCUT2D eigenvalue weighted by molar-refractivity contribution is -0.114. The quantitative estimate of drug-likeness (QED) is 0.713. The summed E-state index contributed by atoms with van der Waals surface area (Å²) in [6.45, 7) is 7.82. The lowest BCUT2D eigenvalue weighted by Gasteiger charge is -2.19. The fourth-order valence-corrected chi connectivity index (χ4v) is 2.51. The van der Waals surface area contributed by atoms with E-state index in [9.17, 15) is 9.59 Å². The van der Waals surface area contributed by atoms with Gasteiger partial charge < -0.3 is 10.6 Å². The van der Waals surface area contributed by atoms with Gasteiger partial charge in [0.15, 0.2) is 5.11 Å². The van der Waals surface area contributed by atoms with Crippen LogP contribution in [0.2, 0.25) is 0 Å². The van der Waals surface area contributed by atoms with Crippen molar-refractivity contribution in [2.75, 3.05) is 10.6 Å². The maximum absolute atomic E-state index is 12.3. The first kappa shape index (κ1) is 19.6. The predicted molar refractivity (Wildman–Crippen MR) is 110 cm³/mol. The molecule has 2 amide bonds. The first-order valence-electron chi connectivity index (χ1n) is 8.26. The minimum atomic E-state index is -0.266. The Hall–Kier alpha value is -2.73. The Morgan fingerprint density at radius 2 is 1.35 bits per heavy atom. The van der Waals surface area contributed by atoms with E-state index in [0.29, 0.717) is 16.9 Å². The van der Waals surface area contributed by atoms with Crippen molar-refractivity contribution in [1.82, 2.24) is 5.32 Å². The summed E-state index contributed by atoms with van der Waals surface area (Å²) in [5, 5.41) is 8.50. The SMILES string of the molecule is CC(=O)Nc1ccc(NC(=S)NC(=O)c2ccc(C(C)(C)C)cc2)cc1. The molecule has 0 aliphatic heterocycles. The molecule has 2 aromatic carbocycles. The van der Waals surface area contributed by atoms with Crippen molar-refractivity contribution < 1.29 is 9.59 Å². The maximum atomic E-state index is 12.3. The third-order valence-corrected chi connectivity index (χ3v) is 3.91. The van der Waals surface area contributed by atoms with Gasteiger partial charge in [-0.2, -0.15) is 0 Å². The van der Waals surface area contributed by atoms with Crippen molar-refractivity contribution in [1.29, 1.82) is 0 Å². The lowest BCUT2D eigenvalue weighted by atomic mass is 9.87. The summed E-state index contributed by atoms with van der Waals surface area (Å²) in [5.41, 5.74) is 3.15. The highest BCUT2D eigenvalue weighted by atomic mass is 32.1.